The van der Waals surface area contributed by atoms with Gasteiger partial charge in [-0.25, -0.2) is 4.98 Å². The Bertz CT molecular complexity index is 898. The number of hydrogen-bond donors (Lipinski definition) is 3. The van der Waals surface area contributed by atoms with Crippen molar-refractivity contribution in [2.24, 2.45) is 16.1 Å². The van der Waals surface area contributed by atoms with E-state index in [0.29, 0.717) is 36.0 Å². The maximum atomic E-state index is 11.7. The Balaban J connectivity index is 1.98. The molecular weight excluding hydrogens is 378 g/mol. The SMILES string of the molecule is CCNc1nc(N=NCCC(C)C)nc2c1ncn2[C@@H]1O[C@H](C(C)=O)[C@@H](O)[C@H]1O. The molecule has 1 fully saturated rings. The van der Waals surface area contributed by atoms with Gasteiger partial charge in [0.1, 0.15) is 18.3 Å². The Morgan fingerprint density at radius 3 is 2.72 bits per heavy atom. The van der Waals surface area contributed by atoms with Crippen LogP contribution < -0.4 is 5.32 Å². The smallest absolute Gasteiger partial charge is 0.272 e. The number of imidazole rings is 1. The van der Waals surface area contributed by atoms with E-state index in [1.165, 1.54) is 17.8 Å². The topological polar surface area (TPSA) is 147 Å². The lowest BCUT2D eigenvalue weighted by molar-refractivity contribution is -0.133. The molecule has 11 nitrogen and oxygen atoms in total. The molecule has 158 valence electrons. The van der Waals surface area contributed by atoms with Crippen LogP contribution in [0.2, 0.25) is 0 Å². The fourth-order valence-electron chi connectivity index (χ4n) is 3.08. The van der Waals surface area contributed by atoms with Gasteiger partial charge >= 0.3 is 0 Å². The summed E-state index contributed by atoms with van der Waals surface area (Å²) in [5.74, 6) is 0.768. The van der Waals surface area contributed by atoms with Crippen LogP contribution in [0.25, 0.3) is 11.2 Å². The molecule has 1 aliphatic rings. The second kappa shape index (κ2) is 8.89. The number of aliphatic hydroxyl groups excluding tert-OH is 2. The lowest BCUT2D eigenvalue weighted by Crippen LogP contribution is -2.34. The Kier molecular flexibility index (Phi) is 6.50. The van der Waals surface area contributed by atoms with E-state index in [9.17, 15) is 15.0 Å². The fourth-order valence-corrected chi connectivity index (χ4v) is 3.08. The van der Waals surface area contributed by atoms with E-state index in [4.69, 9.17) is 4.74 Å². The van der Waals surface area contributed by atoms with Crippen LogP contribution >= 0.6 is 0 Å². The van der Waals surface area contributed by atoms with Crippen LogP contribution in [0.5, 0.6) is 0 Å². The number of nitrogens with one attached hydrogen (secondary N) is 1. The highest BCUT2D eigenvalue weighted by Gasteiger charge is 2.46. The summed E-state index contributed by atoms with van der Waals surface area (Å²) >= 11 is 0. The molecule has 2 aromatic rings. The van der Waals surface area contributed by atoms with Crippen molar-refractivity contribution < 1.29 is 19.7 Å². The van der Waals surface area contributed by atoms with Crippen molar-refractivity contribution in [2.45, 2.75) is 58.7 Å². The Hall–Kier alpha value is -2.50. The van der Waals surface area contributed by atoms with Crippen molar-refractivity contribution >= 4 is 28.7 Å². The van der Waals surface area contributed by atoms with Crippen LogP contribution in [0.1, 0.15) is 40.3 Å². The molecule has 3 N–H and O–H groups in total. The number of nitrogens with zero attached hydrogens (tertiary/aromatic N) is 6. The number of hydrogen-bond acceptors (Lipinski definition) is 10. The number of Topliss-reactive ketones (excluding diaryl/α,β-unsaturated/α-hetero) is 1. The second-order valence-corrected chi connectivity index (χ2v) is 7.41. The molecule has 29 heavy (non-hydrogen) atoms. The molecule has 0 saturated carbocycles. The number of ether oxygens (including phenoxy) is 1. The number of fused-ring (bicyclic) bond motifs is 1. The summed E-state index contributed by atoms with van der Waals surface area (Å²) in [6, 6.07) is 0. The number of aromatic nitrogens is 4. The maximum absolute atomic E-state index is 11.7. The number of carbonyl (C=O) groups is 1. The third kappa shape index (κ3) is 4.41. The minimum absolute atomic E-state index is 0.148. The fraction of sp³-hybridized carbons (Fsp3) is 0.667. The number of azo groups is 1. The molecule has 3 heterocycles. The zero-order chi connectivity index (χ0) is 21.1. The van der Waals surface area contributed by atoms with Gasteiger partial charge < -0.3 is 20.3 Å². The van der Waals surface area contributed by atoms with E-state index in [-0.39, 0.29) is 11.7 Å². The predicted molar refractivity (Wildman–Crippen MR) is 105 cm³/mol. The summed E-state index contributed by atoms with van der Waals surface area (Å²) < 4.78 is 7.08. The highest BCUT2D eigenvalue weighted by molar-refractivity contribution is 5.84. The highest BCUT2D eigenvalue weighted by Crippen LogP contribution is 2.33. The quantitative estimate of drug-likeness (QED) is 0.561. The standard InChI is InChI=1S/C18H27N7O4/c1-5-19-15-11-16(23-18(22-15)24-21-7-6-9(2)3)25(8-20-11)17-13(28)12(27)14(29-17)10(4)26/h8-9,12-14,17,27-28H,5-7H2,1-4H3,(H,19,22,23)/t12-,13+,14+,17+/m0/s1. The van der Waals surface area contributed by atoms with Crippen LogP contribution in [0.15, 0.2) is 16.6 Å². The molecule has 1 saturated heterocycles. The van der Waals surface area contributed by atoms with Crippen LogP contribution in [0.4, 0.5) is 11.8 Å². The summed E-state index contributed by atoms with van der Waals surface area (Å²) in [7, 11) is 0. The molecule has 0 radical (unpaired) electrons. The van der Waals surface area contributed by atoms with Gasteiger partial charge in [0.05, 0.1) is 12.9 Å². The Morgan fingerprint density at radius 1 is 1.34 bits per heavy atom. The molecule has 0 amide bonds. The average molecular weight is 405 g/mol. The van der Waals surface area contributed by atoms with Gasteiger partial charge in [-0.2, -0.15) is 15.1 Å². The van der Waals surface area contributed by atoms with E-state index in [2.05, 4.69) is 44.3 Å². The number of anilines is 1. The first-order valence-electron chi connectivity index (χ1n) is 9.71. The highest BCUT2D eigenvalue weighted by atomic mass is 16.6. The van der Waals surface area contributed by atoms with Crippen LogP contribution in [0, 0.1) is 5.92 Å². The monoisotopic (exact) mass is 405 g/mol. The molecule has 0 aromatic carbocycles. The van der Waals surface area contributed by atoms with E-state index in [1.54, 1.807) is 0 Å². The zero-order valence-corrected chi connectivity index (χ0v) is 17.0. The van der Waals surface area contributed by atoms with Crippen molar-refractivity contribution in [3.05, 3.63) is 6.33 Å². The van der Waals surface area contributed by atoms with Gasteiger partial charge in [0.2, 0.25) is 0 Å². The molecule has 0 aliphatic carbocycles. The van der Waals surface area contributed by atoms with Gasteiger partial charge in [-0.3, -0.25) is 9.36 Å². The van der Waals surface area contributed by atoms with Gasteiger partial charge in [-0.1, -0.05) is 13.8 Å². The first-order valence-corrected chi connectivity index (χ1v) is 9.71. The summed E-state index contributed by atoms with van der Waals surface area (Å²) in [6.07, 6.45) is -2.44. The van der Waals surface area contributed by atoms with Crippen LogP contribution in [-0.4, -0.2) is 66.9 Å². The summed E-state index contributed by atoms with van der Waals surface area (Å²) in [5.41, 5.74) is 0.818. The van der Waals surface area contributed by atoms with Crippen LogP contribution in [0.3, 0.4) is 0 Å². The molecule has 0 spiro atoms. The van der Waals surface area contributed by atoms with E-state index in [0.717, 1.165) is 6.42 Å². The third-order valence-electron chi connectivity index (χ3n) is 4.63. The van der Waals surface area contributed by atoms with Crippen molar-refractivity contribution in [3.63, 3.8) is 0 Å². The normalized spacial score (nSPS) is 24.8. The van der Waals surface area contributed by atoms with Gasteiger partial charge in [0, 0.05) is 6.54 Å². The molecule has 11 heteroatoms. The van der Waals surface area contributed by atoms with Gasteiger partial charge in [-0.15, -0.1) is 5.11 Å². The number of carbonyl (C=O) groups excluding carboxylic acids is 1. The van der Waals surface area contributed by atoms with Gasteiger partial charge in [0.15, 0.2) is 29.0 Å². The average Bonchev–Trinajstić information content (AvgIpc) is 3.21. The van der Waals surface area contributed by atoms with Gasteiger partial charge in [-0.05, 0) is 26.2 Å². The summed E-state index contributed by atoms with van der Waals surface area (Å²) in [4.78, 5) is 24.8. The number of rotatable bonds is 8. The summed E-state index contributed by atoms with van der Waals surface area (Å²) in [5, 5.41) is 31.9. The number of ketones is 1. The van der Waals surface area contributed by atoms with Crippen molar-refractivity contribution in [1.29, 1.82) is 0 Å². The lowest BCUT2D eigenvalue weighted by atomic mass is 10.1. The Labute approximate surface area is 168 Å². The number of aliphatic hydroxyl groups is 2. The third-order valence-corrected chi connectivity index (χ3v) is 4.63. The molecule has 3 rings (SSSR count). The first kappa shape index (κ1) is 21.2. The predicted octanol–water partition coefficient (Wildman–Crippen LogP) is 1.60. The Morgan fingerprint density at radius 2 is 2.10 bits per heavy atom. The van der Waals surface area contributed by atoms with Crippen LogP contribution in [-0.2, 0) is 9.53 Å². The van der Waals surface area contributed by atoms with E-state index >= 15 is 0 Å². The van der Waals surface area contributed by atoms with E-state index in [1.807, 2.05) is 6.92 Å². The van der Waals surface area contributed by atoms with Crippen molar-refractivity contribution in [1.82, 2.24) is 19.5 Å². The molecule has 0 bridgehead atoms. The molecule has 0 unspecified atom stereocenters. The minimum Gasteiger partial charge on any atom is -0.387 e. The zero-order valence-electron chi connectivity index (χ0n) is 17.0. The minimum atomic E-state index is -1.33. The molecule has 4 atom stereocenters. The van der Waals surface area contributed by atoms with Crippen molar-refractivity contribution in [3.8, 4) is 0 Å². The maximum Gasteiger partial charge on any atom is 0.272 e. The summed E-state index contributed by atoms with van der Waals surface area (Å²) in [6.45, 7) is 8.61. The van der Waals surface area contributed by atoms with E-state index < -0.39 is 24.5 Å². The second-order valence-electron chi connectivity index (χ2n) is 7.41. The van der Waals surface area contributed by atoms with Gasteiger partial charge in [0.25, 0.3) is 5.95 Å². The largest absolute Gasteiger partial charge is 0.387 e. The molecular formula is C18H27N7O4. The first-order chi connectivity index (χ1) is 13.8. The molecule has 2 aromatic heterocycles. The molecule has 1 aliphatic heterocycles. The lowest BCUT2D eigenvalue weighted by Gasteiger charge is -2.16. The van der Waals surface area contributed by atoms with Crippen molar-refractivity contribution in [2.75, 3.05) is 18.4 Å².